The monoisotopic (exact) mass is 337 g/mol. The second-order valence-electron chi connectivity index (χ2n) is 5.81. The largest absolute Gasteiger partial charge is 0.491 e. The van der Waals surface area contributed by atoms with Gasteiger partial charge in [0.2, 0.25) is 0 Å². The van der Waals surface area contributed by atoms with Gasteiger partial charge in [-0.3, -0.25) is 9.78 Å². The summed E-state index contributed by atoms with van der Waals surface area (Å²) in [5, 5.41) is 6.63. The minimum absolute atomic E-state index is 0.117. The first-order valence-electron chi connectivity index (χ1n) is 8.03. The Labute approximate surface area is 145 Å². The highest BCUT2D eigenvalue weighted by Crippen LogP contribution is 2.23. The van der Waals surface area contributed by atoms with E-state index < -0.39 is 0 Å². The van der Waals surface area contributed by atoms with Crippen molar-refractivity contribution in [2.75, 3.05) is 0 Å². The van der Waals surface area contributed by atoms with Crippen LogP contribution in [0.15, 0.2) is 59.4 Å². The standard InChI is InChI=1S/C19H19N3O3/c1-13(2)24-16-7-5-15(6-8-16)18-10-17(22-25-18)19(23)21-12-14-4-3-9-20-11-14/h3-11,13H,12H2,1-2H3,(H,21,23). The van der Waals surface area contributed by atoms with Gasteiger partial charge < -0.3 is 14.6 Å². The molecule has 6 heteroatoms. The van der Waals surface area contributed by atoms with E-state index in [1.54, 1.807) is 18.5 Å². The van der Waals surface area contributed by atoms with Crippen LogP contribution < -0.4 is 10.1 Å². The molecule has 1 aromatic carbocycles. The van der Waals surface area contributed by atoms with Gasteiger partial charge in [-0.15, -0.1) is 0 Å². The molecule has 0 radical (unpaired) electrons. The van der Waals surface area contributed by atoms with Gasteiger partial charge in [0.05, 0.1) is 6.10 Å². The Kier molecular flexibility index (Phi) is 5.09. The highest BCUT2D eigenvalue weighted by Gasteiger charge is 2.13. The van der Waals surface area contributed by atoms with Gasteiger partial charge in [0.15, 0.2) is 11.5 Å². The molecule has 3 rings (SSSR count). The summed E-state index contributed by atoms with van der Waals surface area (Å²) in [6.07, 6.45) is 3.51. The Morgan fingerprint density at radius 3 is 2.72 bits per heavy atom. The zero-order valence-electron chi connectivity index (χ0n) is 14.1. The fourth-order valence-corrected chi connectivity index (χ4v) is 2.26. The van der Waals surface area contributed by atoms with E-state index in [0.717, 1.165) is 16.9 Å². The summed E-state index contributed by atoms with van der Waals surface area (Å²) >= 11 is 0. The molecule has 2 heterocycles. The number of hydrogen-bond acceptors (Lipinski definition) is 5. The van der Waals surface area contributed by atoms with Crippen molar-refractivity contribution in [1.82, 2.24) is 15.5 Å². The fraction of sp³-hybridized carbons (Fsp3) is 0.211. The third kappa shape index (κ3) is 4.44. The summed E-state index contributed by atoms with van der Waals surface area (Å²) in [6, 6.07) is 12.8. The summed E-state index contributed by atoms with van der Waals surface area (Å²) in [4.78, 5) is 16.2. The smallest absolute Gasteiger partial charge is 0.273 e. The van der Waals surface area contributed by atoms with Crippen molar-refractivity contribution < 1.29 is 14.1 Å². The Morgan fingerprint density at radius 1 is 1.24 bits per heavy atom. The maximum absolute atomic E-state index is 12.2. The van der Waals surface area contributed by atoms with Crippen LogP contribution in [0.5, 0.6) is 5.75 Å². The molecule has 0 unspecified atom stereocenters. The molecular weight excluding hydrogens is 318 g/mol. The second-order valence-corrected chi connectivity index (χ2v) is 5.81. The van der Waals surface area contributed by atoms with Crippen LogP contribution in [0.4, 0.5) is 0 Å². The van der Waals surface area contributed by atoms with Gasteiger partial charge in [0, 0.05) is 30.6 Å². The lowest BCUT2D eigenvalue weighted by Crippen LogP contribution is -2.23. The molecule has 0 aliphatic heterocycles. The molecule has 0 bridgehead atoms. The first-order valence-corrected chi connectivity index (χ1v) is 8.03. The van der Waals surface area contributed by atoms with E-state index in [-0.39, 0.29) is 17.7 Å². The van der Waals surface area contributed by atoms with Crippen molar-refractivity contribution in [3.05, 3.63) is 66.1 Å². The van der Waals surface area contributed by atoms with Gasteiger partial charge >= 0.3 is 0 Å². The average molecular weight is 337 g/mol. The Bertz CT molecular complexity index is 827. The summed E-state index contributed by atoms with van der Waals surface area (Å²) in [5.41, 5.74) is 1.98. The predicted octanol–water partition coefficient (Wildman–Crippen LogP) is 3.45. The van der Waals surface area contributed by atoms with Crippen molar-refractivity contribution in [1.29, 1.82) is 0 Å². The molecule has 0 aliphatic carbocycles. The molecule has 25 heavy (non-hydrogen) atoms. The maximum Gasteiger partial charge on any atom is 0.273 e. The summed E-state index contributed by atoms with van der Waals surface area (Å²) in [7, 11) is 0. The van der Waals surface area contributed by atoms with Gasteiger partial charge in [0.25, 0.3) is 5.91 Å². The number of amides is 1. The number of carbonyl (C=O) groups is 1. The lowest BCUT2D eigenvalue weighted by atomic mass is 10.1. The SMILES string of the molecule is CC(C)Oc1ccc(-c2cc(C(=O)NCc3cccnc3)no2)cc1. The zero-order valence-corrected chi connectivity index (χ0v) is 14.1. The highest BCUT2D eigenvalue weighted by atomic mass is 16.5. The molecule has 0 spiro atoms. The Balaban J connectivity index is 1.64. The molecule has 3 aromatic rings. The number of rotatable bonds is 6. The van der Waals surface area contributed by atoms with Crippen LogP contribution in [0.25, 0.3) is 11.3 Å². The van der Waals surface area contributed by atoms with E-state index in [2.05, 4.69) is 15.5 Å². The molecule has 0 atom stereocenters. The topological polar surface area (TPSA) is 77.2 Å². The van der Waals surface area contributed by atoms with Crippen LogP contribution in [-0.2, 0) is 6.54 Å². The highest BCUT2D eigenvalue weighted by molar-refractivity contribution is 5.93. The van der Waals surface area contributed by atoms with Gasteiger partial charge in [-0.2, -0.15) is 0 Å². The van der Waals surface area contributed by atoms with E-state index >= 15 is 0 Å². The molecule has 0 saturated heterocycles. The first kappa shape index (κ1) is 16.7. The third-order valence-corrected chi connectivity index (χ3v) is 3.43. The molecule has 128 valence electrons. The normalized spacial score (nSPS) is 10.7. The summed E-state index contributed by atoms with van der Waals surface area (Å²) < 4.78 is 10.9. The number of aromatic nitrogens is 2. The number of ether oxygens (including phenoxy) is 1. The van der Waals surface area contributed by atoms with Gasteiger partial charge in [-0.05, 0) is 49.7 Å². The molecule has 6 nitrogen and oxygen atoms in total. The van der Waals surface area contributed by atoms with Crippen LogP contribution >= 0.6 is 0 Å². The van der Waals surface area contributed by atoms with E-state index in [1.165, 1.54) is 0 Å². The van der Waals surface area contributed by atoms with E-state index in [4.69, 9.17) is 9.26 Å². The molecule has 0 fully saturated rings. The van der Waals surface area contributed by atoms with Crippen LogP contribution in [0.3, 0.4) is 0 Å². The summed E-state index contributed by atoms with van der Waals surface area (Å²) in [6.45, 7) is 4.33. The van der Waals surface area contributed by atoms with Crippen molar-refractivity contribution >= 4 is 5.91 Å². The molecule has 2 aromatic heterocycles. The van der Waals surface area contributed by atoms with E-state index in [0.29, 0.717) is 12.3 Å². The Hall–Kier alpha value is -3.15. The van der Waals surface area contributed by atoms with Crippen molar-refractivity contribution in [3.8, 4) is 17.1 Å². The van der Waals surface area contributed by atoms with Gasteiger partial charge in [-0.25, -0.2) is 0 Å². The fourth-order valence-electron chi connectivity index (χ4n) is 2.26. The molecular formula is C19H19N3O3. The second kappa shape index (κ2) is 7.61. The number of hydrogen-bond donors (Lipinski definition) is 1. The lowest BCUT2D eigenvalue weighted by Gasteiger charge is -2.09. The number of nitrogens with one attached hydrogen (secondary N) is 1. The van der Waals surface area contributed by atoms with Crippen molar-refractivity contribution in [2.45, 2.75) is 26.5 Å². The summed E-state index contributed by atoms with van der Waals surface area (Å²) in [5.74, 6) is 1.02. The number of carbonyl (C=O) groups excluding carboxylic acids is 1. The van der Waals surface area contributed by atoms with Crippen LogP contribution in [0.2, 0.25) is 0 Å². The molecule has 1 amide bonds. The first-order chi connectivity index (χ1) is 12.1. The van der Waals surface area contributed by atoms with Crippen LogP contribution in [-0.4, -0.2) is 22.2 Å². The number of pyridine rings is 1. The minimum atomic E-state index is -0.293. The van der Waals surface area contributed by atoms with Crippen LogP contribution in [0, 0.1) is 0 Å². The third-order valence-electron chi connectivity index (χ3n) is 3.43. The lowest BCUT2D eigenvalue weighted by molar-refractivity contribution is 0.0942. The minimum Gasteiger partial charge on any atom is -0.491 e. The van der Waals surface area contributed by atoms with Crippen molar-refractivity contribution in [3.63, 3.8) is 0 Å². The average Bonchev–Trinajstić information content (AvgIpc) is 3.11. The number of nitrogens with zero attached hydrogens (tertiary/aromatic N) is 2. The van der Waals surface area contributed by atoms with Crippen LogP contribution in [0.1, 0.15) is 29.9 Å². The van der Waals surface area contributed by atoms with Gasteiger partial charge in [-0.1, -0.05) is 11.2 Å². The molecule has 0 saturated carbocycles. The van der Waals surface area contributed by atoms with Gasteiger partial charge in [0.1, 0.15) is 5.75 Å². The quantitative estimate of drug-likeness (QED) is 0.745. The number of benzene rings is 1. The van der Waals surface area contributed by atoms with Crippen molar-refractivity contribution in [2.24, 2.45) is 0 Å². The Morgan fingerprint density at radius 2 is 2.04 bits per heavy atom. The zero-order chi connectivity index (χ0) is 17.6. The predicted molar refractivity (Wildman–Crippen MR) is 93.1 cm³/mol. The molecule has 1 N–H and O–H groups in total. The van der Waals surface area contributed by atoms with E-state index in [1.807, 2.05) is 50.2 Å². The maximum atomic E-state index is 12.2. The molecule has 0 aliphatic rings. The van der Waals surface area contributed by atoms with E-state index in [9.17, 15) is 4.79 Å².